The van der Waals surface area contributed by atoms with Gasteiger partial charge in [-0.2, -0.15) is 4.57 Å². The van der Waals surface area contributed by atoms with E-state index in [1.54, 1.807) is 12.4 Å². The lowest BCUT2D eigenvalue weighted by atomic mass is 10.2. The Morgan fingerprint density at radius 3 is 2.65 bits per heavy atom. The number of ether oxygens (including phenoxy) is 1. The SMILES string of the molecule is COC(=O)/C(=C\[O-])[n+]1ccc2ccccc2c1. The molecule has 0 unspecified atom stereocenters. The zero-order valence-corrected chi connectivity index (χ0v) is 9.29. The van der Waals surface area contributed by atoms with Gasteiger partial charge in [-0.25, -0.2) is 4.79 Å². The normalized spacial score (nSPS) is 11.5. The standard InChI is InChI=1S/C13H11NO3/c1-17-13(16)12(9-15)14-7-6-10-4-2-3-5-11(10)8-14/h2-9H,1H3. The lowest BCUT2D eigenvalue weighted by Crippen LogP contribution is -2.37. The Hall–Kier alpha value is -2.36. The lowest BCUT2D eigenvalue weighted by Gasteiger charge is -2.02. The van der Waals surface area contributed by atoms with Crippen molar-refractivity contribution in [1.29, 1.82) is 0 Å². The van der Waals surface area contributed by atoms with Gasteiger partial charge in [-0.3, -0.25) is 0 Å². The van der Waals surface area contributed by atoms with Crippen LogP contribution in [-0.4, -0.2) is 13.1 Å². The van der Waals surface area contributed by atoms with Gasteiger partial charge in [0, 0.05) is 11.5 Å². The first-order chi connectivity index (χ1) is 8.26. The van der Waals surface area contributed by atoms with Crippen molar-refractivity contribution in [3.8, 4) is 0 Å². The summed E-state index contributed by atoms with van der Waals surface area (Å²) in [5.41, 5.74) is -0.0433. The van der Waals surface area contributed by atoms with Crippen LogP contribution in [0.4, 0.5) is 0 Å². The molecule has 0 bridgehead atoms. The fourth-order valence-corrected chi connectivity index (χ4v) is 1.60. The zero-order valence-electron chi connectivity index (χ0n) is 9.29. The monoisotopic (exact) mass is 229 g/mol. The first-order valence-electron chi connectivity index (χ1n) is 5.07. The third-order valence-corrected chi connectivity index (χ3v) is 2.47. The molecule has 2 rings (SSSR count). The molecular formula is C13H11NO3. The van der Waals surface area contributed by atoms with Gasteiger partial charge in [-0.15, -0.1) is 0 Å². The molecule has 4 nitrogen and oxygen atoms in total. The fourth-order valence-electron chi connectivity index (χ4n) is 1.60. The van der Waals surface area contributed by atoms with Crippen LogP contribution >= 0.6 is 0 Å². The number of carbonyl (C=O) groups excluding carboxylic acids is 1. The summed E-state index contributed by atoms with van der Waals surface area (Å²) in [6.07, 6.45) is 3.86. The zero-order chi connectivity index (χ0) is 12.3. The summed E-state index contributed by atoms with van der Waals surface area (Å²) in [6, 6.07) is 9.52. The van der Waals surface area contributed by atoms with Gasteiger partial charge >= 0.3 is 5.97 Å². The van der Waals surface area contributed by atoms with Gasteiger partial charge < -0.3 is 9.84 Å². The van der Waals surface area contributed by atoms with E-state index in [2.05, 4.69) is 4.74 Å². The van der Waals surface area contributed by atoms with Crippen molar-refractivity contribution in [2.45, 2.75) is 0 Å². The van der Waals surface area contributed by atoms with Crippen LogP contribution in [0.2, 0.25) is 0 Å². The second-order valence-electron chi connectivity index (χ2n) is 3.48. The van der Waals surface area contributed by atoms with Crippen molar-refractivity contribution in [1.82, 2.24) is 0 Å². The molecule has 86 valence electrons. The van der Waals surface area contributed by atoms with Crippen LogP contribution in [0.25, 0.3) is 16.5 Å². The predicted octanol–water partition coefficient (Wildman–Crippen LogP) is 0.459. The van der Waals surface area contributed by atoms with E-state index in [0.717, 1.165) is 10.8 Å². The molecule has 2 aromatic rings. The summed E-state index contributed by atoms with van der Waals surface area (Å²) >= 11 is 0. The molecule has 1 aromatic heterocycles. The summed E-state index contributed by atoms with van der Waals surface area (Å²) in [5, 5.41) is 12.9. The molecule has 0 amide bonds. The van der Waals surface area contributed by atoms with E-state index in [1.807, 2.05) is 30.3 Å². The third kappa shape index (κ3) is 2.10. The van der Waals surface area contributed by atoms with Gasteiger partial charge in [0.1, 0.15) is 0 Å². The molecule has 0 aliphatic carbocycles. The van der Waals surface area contributed by atoms with Crippen LogP contribution in [-0.2, 0) is 9.53 Å². The molecule has 0 saturated carbocycles. The number of aromatic nitrogens is 1. The second-order valence-corrected chi connectivity index (χ2v) is 3.48. The van der Waals surface area contributed by atoms with Crippen molar-refractivity contribution in [2.24, 2.45) is 0 Å². The molecule has 0 fully saturated rings. The Kier molecular flexibility index (Phi) is 3.05. The molecule has 1 aromatic carbocycles. The number of pyridine rings is 1. The van der Waals surface area contributed by atoms with E-state index >= 15 is 0 Å². The summed E-state index contributed by atoms with van der Waals surface area (Å²) < 4.78 is 6.00. The highest BCUT2D eigenvalue weighted by Crippen LogP contribution is 2.10. The van der Waals surface area contributed by atoms with Gasteiger partial charge in [0.25, 0.3) is 5.70 Å². The average molecular weight is 229 g/mol. The van der Waals surface area contributed by atoms with Crippen LogP contribution in [0.15, 0.2) is 49.0 Å². The fraction of sp³-hybridized carbons (Fsp3) is 0.0769. The van der Waals surface area contributed by atoms with Gasteiger partial charge in [-0.05, 0) is 11.5 Å². The largest absolute Gasteiger partial charge is 0.873 e. The number of fused-ring (bicyclic) bond motifs is 1. The number of carbonyl (C=O) groups is 1. The van der Waals surface area contributed by atoms with Crippen molar-refractivity contribution >= 4 is 22.4 Å². The molecule has 0 aliphatic heterocycles. The summed E-state index contributed by atoms with van der Waals surface area (Å²) in [7, 11) is 1.24. The molecule has 0 N–H and O–H groups in total. The Balaban J connectivity index is 2.52. The van der Waals surface area contributed by atoms with Crippen molar-refractivity contribution in [3.63, 3.8) is 0 Å². The molecule has 0 radical (unpaired) electrons. The van der Waals surface area contributed by atoms with Crippen molar-refractivity contribution in [2.75, 3.05) is 7.11 Å². The van der Waals surface area contributed by atoms with Crippen molar-refractivity contribution < 1.29 is 19.2 Å². The van der Waals surface area contributed by atoms with E-state index in [0.29, 0.717) is 6.26 Å². The number of nitrogens with zero attached hydrogens (tertiary/aromatic N) is 1. The van der Waals surface area contributed by atoms with E-state index < -0.39 is 5.97 Å². The van der Waals surface area contributed by atoms with Gasteiger partial charge in [0.05, 0.1) is 7.11 Å². The average Bonchev–Trinajstić information content (AvgIpc) is 2.39. The Bertz CT molecular complexity index is 590. The highest BCUT2D eigenvalue weighted by Gasteiger charge is 2.18. The lowest BCUT2D eigenvalue weighted by molar-refractivity contribution is -0.580. The first kappa shape index (κ1) is 11.1. The van der Waals surface area contributed by atoms with E-state index in [1.165, 1.54) is 11.7 Å². The first-order valence-corrected chi connectivity index (χ1v) is 5.07. The highest BCUT2D eigenvalue weighted by atomic mass is 16.5. The second kappa shape index (κ2) is 4.65. The number of benzene rings is 1. The maximum Gasteiger partial charge on any atom is 0.402 e. The molecule has 0 atom stereocenters. The maximum atomic E-state index is 11.4. The van der Waals surface area contributed by atoms with Crippen LogP contribution in [0.3, 0.4) is 0 Å². The topological polar surface area (TPSA) is 53.2 Å². The molecule has 1 heterocycles. The minimum absolute atomic E-state index is 0.0433. The van der Waals surface area contributed by atoms with Crippen LogP contribution in [0.5, 0.6) is 0 Å². The Labute approximate surface area is 98.4 Å². The number of methoxy groups -OCH3 is 1. The quantitative estimate of drug-likeness (QED) is 0.325. The van der Waals surface area contributed by atoms with Crippen LogP contribution < -0.4 is 9.67 Å². The maximum absolute atomic E-state index is 11.4. The van der Waals surface area contributed by atoms with Crippen LogP contribution in [0, 0.1) is 0 Å². The number of esters is 1. The Morgan fingerprint density at radius 2 is 2.00 bits per heavy atom. The summed E-state index contributed by atoms with van der Waals surface area (Å²) in [4.78, 5) is 11.4. The predicted molar refractivity (Wildman–Crippen MR) is 60.4 cm³/mol. The smallest absolute Gasteiger partial charge is 0.402 e. The Morgan fingerprint density at radius 1 is 1.29 bits per heavy atom. The minimum atomic E-state index is -0.653. The van der Waals surface area contributed by atoms with E-state index in [9.17, 15) is 9.90 Å². The van der Waals surface area contributed by atoms with Crippen molar-refractivity contribution in [3.05, 3.63) is 49.0 Å². The van der Waals surface area contributed by atoms with Gasteiger partial charge in [0.2, 0.25) is 0 Å². The molecule has 17 heavy (non-hydrogen) atoms. The van der Waals surface area contributed by atoms with Gasteiger partial charge in [-0.1, -0.05) is 24.5 Å². The molecule has 4 heteroatoms. The number of hydrogen-bond donors (Lipinski definition) is 0. The summed E-state index contributed by atoms with van der Waals surface area (Å²) in [5.74, 6) is -0.653. The highest BCUT2D eigenvalue weighted by molar-refractivity contribution is 6.05. The summed E-state index contributed by atoms with van der Waals surface area (Å²) in [6.45, 7) is 0. The minimum Gasteiger partial charge on any atom is -0.873 e. The number of hydrogen-bond acceptors (Lipinski definition) is 3. The van der Waals surface area contributed by atoms with E-state index in [-0.39, 0.29) is 5.70 Å². The molecule has 0 aliphatic rings. The molecule has 0 saturated heterocycles. The molecular weight excluding hydrogens is 218 g/mol. The third-order valence-electron chi connectivity index (χ3n) is 2.47. The number of rotatable bonds is 2. The van der Waals surface area contributed by atoms with Crippen LogP contribution in [0.1, 0.15) is 0 Å². The molecule has 0 spiro atoms. The van der Waals surface area contributed by atoms with Gasteiger partial charge in [0.15, 0.2) is 12.4 Å². The van der Waals surface area contributed by atoms with E-state index in [4.69, 9.17) is 0 Å².